The van der Waals surface area contributed by atoms with E-state index >= 15 is 0 Å². The number of pyridine rings is 1. The number of nitrogens with zero attached hydrogens (tertiary/aromatic N) is 4. The van der Waals surface area contributed by atoms with Gasteiger partial charge in [0.25, 0.3) is 0 Å². The van der Waals surface area contributed by atoms with E-state index in [9.17, 15) is 5.11 Å². The van der Waals surface area contributed by atoms with Crippen molar-refractivity contribution in [3.63, 3.8) is 0 Å². The Bertz CT molecular complexity index is 1010. The van der Waals surface area contributed by atoms with Crippen LogP contribution in [0.2, 0.25) is 0 Å². The van der Waals surface area contributed by atoms with E-state index in [1.165, 1.54) is 5.56 Å². The smallest absolute Gasteiger partial charge is 0.165 e. The molecule has 1 aliphatic heterocycles. The quantitative estimate of drug-likeness (QED) is 0.590. The van der Waals surface area contributed by atoms with Crippen molar-refractivity contribution in [2.75, 3.05) is 28.7 Å². The molecule has 2 aromatic heterocycles. The Kier molecular flexibility index (Phi) is 5.20. The third-order valence-corrected chi connectivity index (χ3v) is 5.14. The lowest BCUT2D eigenvalue weighted by molar-refractivity contribution is 0.474. The number of aryl methyl sites for hydroxylation is 1. The van der Waals surface area contributed by atoms with Gasteiger partial charge in [-0.15, -0.1) is 0 Å². The van der Waals surface area contributed by atoms with Gasteiger partial charge >= 0.3 is 0 Å². The zero-order valence-corrected chi connectivity index (χ0v) is 17.0. The Morgan fingerprint density at radius 1 is 1.24 bits per heavy atom. The fourth-order valence-corrected chi connectivity index (χ4v) is 3.51. The van der Waals surface area contributed by atoms with Gasteiger partial charge in [0.1, 0.15) is 11.4 Å². The molecule has 0 bridgehead atoms. The van der Waals surface area contributed by atoms with Crippen LogP contribution >= 0.6 is 0 Å². The van der Waals surface area contributed by atoms with Crippen molar-refractivity contribution in [2.45, 2.75) is 33.2 Å². The number of aromatic nitrogens is 3. The van der Waals surface area contributed by atoms with Crippen molar-refractivity contribution in [1.82, 2.24) is 15.0 Å². The van der Waals surface area contributed by atoms with E-state index < -0.39 is 0 Å². The summed E-state index contributed by atoms with van der Waals surface area (Å²) >= 11 is 0. The van der Waals surface area contributed by atoms with E-state index in [1.807, 2.05) is 25.1 Å². The summed E-state index contributed by atoms with van der Waals surface area (Å²) in [5.41, 5.74) is 4.11. The summed E-state index contributed by atoms with van der Waals surface area (Å²) in [6.07, 6.45) is 4.37. The standard InChI is InChI=1S/C22H26N6O/c1-14(2)28-13-25-19-21(24-10-8-16-6-7-18(29)11-15(16)3)26-20(27-22(19)28)17-5-4-9-23-12-17/h4-7,9,11-12,14,25,29H,8,10,13H2,1-3H3,(H,24,26,27). The van der Waals surface area contributed by atoms with E-state index in [-0.39, 0.29) is 0 Å². The predicted octanol–water partition coefficient (Wildman–Crippen LogP) is 3.81. The molecule has 0 aliphatic carbocycles. The number of fused-ring (bicyclic) bond motifs is 1. The molecule has 7 nitrogen and oxygen atoms in total. The van der Waals surface area contributed by atoms with Crippen LogP contribution < -0.4 is 15.5 Å². The molecule has 1 aliphatic rings. The molecule has 4 rings (SSSR count). The maximum absolute atomic E-state index is 9.60. The van der Waals surface area contributed by atoms with E-state index in [0.29, 0.717) is 24.3 Å². The van der Waals surface area contributed by atoms with Crippen molar-refractivity contribution in [3.05, 3.63) is 53.9 Å². The second kappa shape index (κ2) is 7.95. The number of hydrogen-bond acceptors (Lipinski definition) is 7. The fraction of sp³-hybridized carbons (Fsp3) is 0.318. The van der Waals surface area contributed by atoms with E-state index in [1.54, 1.807) is 24.5 Å². The van der Waals surface area contributed by atoms with Crippen LogP contribution in [0.5, 0.6) is 5.75 Å². The number of hydrogen-bond donors (Lipinski definition) is 3. The predicted molar refractivity (Wildman–Crippen MR) is 116 cm³/mol. The van der Waals surface area contributed by atoms with Crippen LogP contribution in [0.3, 0.4) is 0 Å². The van der Waals surface area contributed by atoms with E-state index in [0.717, 1.165) is 41.4 Å². The molecule has 0 saturated heterocycles. The molecule has 150 valence electrons. The third-order valence-electron chi connectivity index (χ3n) is 5.14. The highest BCUT2D eigenvalue weighted by molar-refractivity contribution is 5.83. The second-order valence-corrected chi connectivity index (χ2v) is 7.52. The van der Waals surface area contributed by atoms with Gasteiger partial charge in [0, 0.05) is 30.5 Å². The topological polar surface area (TPSA) is 86.2 Å². The van der Waals surface area contributed by atoms with Gasteiger partial charge < -0.3 is 20.6 Å². The summed E-state index contributed by atoms with van der Waals surface area (Å²) in [4.78, 5) is 16.0. The summed E-state index contributed by atoms with van der Waals surface area (Å²) in [7, 11) is 0. The lowest BCUT2D eigenvalue weighted by Gasteiger charge is -2.22. The first-order valence-corrected chi connectivity index (χ1v) is 9.88. The van der Waals surface area contributed by atoms with Crippen molar-refractivity contribution < 1.29 is 5.11 Å². The minimum atomic E-state index is 0.298. The average molecular weight is 390 g/mol. The molecular formula is C22H26N6O. The second-order valence-electron chi connectivity index (χ2n) is 7.52. The number of rotatable bonds is 6. The summed E-state index contributed by atoms with van der Waals surface area (Å²) in [6.45, 7) is 7.77. The van der Waals surface area contributed by atoms with Crippen molar-refractivity contribution in [2.24, 2.45) is 0 Å². The number of anilines is 3. The summed E-state index contributed by atoms with van der Waals surface area (Å²) in [5, 5.41) is 16.5. The molecule has 0 radical (unpaired) electrons. The normalized spacial score (nSPS) is 12.8. The van der Waals surface area contributed by atoms with Crippen LogP contribution in [-0.2, 0) is 6.42 Å². The number of phenolic OH excluding ortho intramolecular Hbond substituents is 1. The van der Waals surface area contributed by atoms with Crippen molar-refractivity contribution >= 4 is 17.3 Å². The summed E-state index contributed by atoms with van der Waals surface area (Å²) < 4.78 is 0. The molecule has 0 unspecified atom stereocenters. The van der Waals surface area contributed by atoms with Crippen LogP contribution in [0, 0.1) is 6.92 Å². The first kappa shape index (κ1) is 19.0. The molecule has 3 N–H and O–H groups in total. The molecular weight excluding hydrogens is 364 g/mol. The highest BCUT2D eigenvalue weighted by Crippen LogP contribution is 2.37. The average Bonchev–Trinajstić information content (AvgIpc) is 3.15. The Morgan fingerprint density at radius 3 is 2.83 bits per heavy atom. The lowest BCUT2D eigenvalue weighted by atomic mass is 10.1. The van der Waals surface area contributed by atoms with Gasteiger partial charge in [-0.2, -0.15) is 0 Å². The largest absolute Gasteiger partial charge is 0.508 e. The molecule has 7 heteroatoms. The van der Waals surface area contributed by atoms with Crippen LogP contribution in [0.15, 0.2) is 42.7 Å². The molecule has 0 atom stereocenters. The summed E-state index contributed by atoms with van der Waals surface area (Å²) in [5.74, 6) is 2.67. The molecule has 0 saturated carbocycles. The maximum Gasteiger partial charge on any atom is 0.165 e. The number of phenols is 1. The van der Waals surface area contributed by atoms with Crippen LogP contribution in [0.4, 0.5) is 17.3 Å². The van der Waals surface area contributed by atoms with Gasteiger partial charge in [0.05, 0.1) is 6.67 Å². The van der Waals surface area contributed by atoms with Gasteiger partial charge in [-0.25, -0.2) is 9.97 Å². The van der Waals surface area contributed by atoms with Gasteiger partial charge in [0.2, 0.25) is 0 Å². The van der Waals surface area contributed by atoms with Gasteiger partial charge in [-0.3, -0.25) is 4.98 Å². The molecule has 3 heterocycles. The Hall–Kier alpha value is -3.35. The van der Waals surface area contributed by atoms with E-state index in [4.69, 9.17) is 9.97 Å². The summed E-state index contributed by atoms with van der Waals surface area (Å²) in [6, 6.07) is 9.68. The van der Waals surface area contributed by atoms with E-state index in [2.05, 4.69) is 34.4 Å². The molecule has 1 aromatic carbocycles. The third kappa shape index (κ3) is 3.94. The monoisotopic (exact) mass is 390 g/mol. The van der Waals surface area contributed by atoms with Crippen LogP contribution in [-0.4, -0.2) is 39.3 Å². The van der Waals surface area contributed by atoms with Gasteiger partial charge in [0.15, 0.2) is 17.5 Å². The number of nitrogens with one attached hydrogen (secondary N) is 2. The minimum absolute atomic E-state index is 0.298. The fourth-order valence-electron chi connectivity index (χ4n) is 3.51. The van der Waals surface area contributed by atoms with Gasteiger partial charge in [-0.05, 0) is 62.6 Å². The number of benzene rings is 1. The lowest BCUT2D eigenvalue weighted by Crippen LogP contribution is -2.30. The van der Waals surface area contributed by atoms with Crippen molar-refractivity contribution in [1.29, 1.82) is 0 Å². The van der Waals surface area contributed by atoms with Crippen LogP contribution in [0.25, 0.3) is 11.4 Å². The minimum Gasteiger partial charge on any atom is -0.508 e. The van der Waals surface area contributed by atoms with Crippen LogP contribution in [0.1, 0.15) is 25.0 Å². The zero-order valence-electron chi connectivity index (χ0n) is 17.0. The van der Waals surface area contributed by atoms with Crippen molar-refractivity contribution in [3.8, 4) is 17.1 Å². The number of aromatic hydroxyl groups is 1. The Labute approximate surface area is 170 Å². The molecule has 0 amide bonds. The SMILES string of the molecule is Cc1cc(O)ccc1CCNc1nc(-c2cccnc2)nc2c1NCN2C(C)C. The Balaban J connectivity index is 1.62. The first-order chi connectivity index (χ1) is 14.0. The molecule has 29 heavy (non-hydrogen) atoms. The zero-order chi connectivity index (χ0) is 20.4. The first-order valence-electron chi connectivity index (χ1n) is 9.88. The molecule has 0 spiro atoms. The molecule has 0 fully saturated rings. The van der Waals surface area contributed by atoms with Gasteiger partial charge in [-0.1, -0.05) is 6.07 Å². The Morgan fingerprint density at radius 2 is 2.10 bits per heavy atom. The highest BCUT2D eigenvalue weighted by atomic mass is 16.3. The highest BCUT2D eigenvalue weighted by Gasteiger charge is 2.27. The maximum atomic E-state index is 9.60. The molecule has 3 aromatic rings.